The first-order chi connectivity index (χ1) is 4.81. The second-order valence-electron chi connectivity index (χ2n) is 2.40. The highest BCUT2D eigenvalue weighted by Gasteiger charge is 1.92. The van der Waals surface area contributed by atoms with Gasteiger partial charge in [-0.05, 0) is 37.2 Å². The fraction of sp³-hybridized carbons (Fsp3) is 0.750. The zero-order chi connectivity index (χ0) is 7.82. The summed E-state index contributed by atoms with van der Waals surface area (Å²) in [7, 11) is 0. The van der Waals surface area contributed by atoms with Crippen molar-refractivity contribution in [2.75, 3.05) is 11.5 Å². The molecule has 0 fully saturated rings. The highest BCUT2D eigenvalue weighted by atomic mass is 32.1. The van der Waals surface area contributed by atoms with Crippen molar-refractivity contribution in [2.45, 2.75) is 25.7 Å². The quantitative estimate of drug-likeness (QED) is 0.451. The summed E-state index contributed by atoms with van der Waals surface area (Å²) >= 11 is 8.26. The number of rotatable bonds is 6. The second kappa shape index (κ2) is 7.55. The van der Waals surface area contributed by atoms with E-state index in [0.717, 1.165) is 37.2 Å². The lowest BCUT2D eigenvalue weighted by molar-refractivity contribution is 0.819. The van der Waals surface area contributed by atoms with Gasteiger partial charge >= 0.3 is 0 Å². The summed E-state index contributed by atoms with van der Waals surface area (Å²) in [5.74, 6) is 1.94. The van der Waals surface area contributed by atoms with Crippen LogP contribution in [0.1, 0.15) is 25.7 Å². The molecular weight excluding hydrogens is 160 g/mol. The molecule has 60 valence electrons. The van der Waals surface area contributed by atoms with E-state index in [1.165, 1.54) is 5.57 Å². The van der Waals surface area contributed by atoms with Crippen molar-refractivity contribution in [3.05, 3.63) is 12.2 Å². The Bertz CT molecular complexity index is 79.3. The van der Waals surface area contributed by atoms with Crippen molar-refractivity contribution in [1.29, 1.82) is 0 Å². The second-order valence-corrected chi connectivity index (χ2v) is 3.30. The molecule has 0 radical (unpaired) electrons. The minimum atomic E-state index is 0.972. The third-order valence-corrected chi connectivity index (χ3v) is 2.01. The third-order valence-electron chi connectivity index (χ3n) is 1.38. The van der Waals surface area contributed by atoms with Crippen molar-refractivity contribution in [2.24, 2.45) is 0 Å². The van der Waals surface area contributed by atoms with E-state index in [1.54, 1.807) is 0 Å². The molecule has 0 amide bonds. The zero-order valence-corrected chi connectivity index (χ0v) is 8.13. The number of thiol groups is 2. The zero-order valence-electron chi connectivity index (χ0n) is 6.34. The molecule has 0 N–H and O–H groups in total. The Morgan fingerprint density at radius 2 is 1.40 bits per heavy atom. The summed E-state index contributed by atoms with van der Waals surface area (Å²) in [6.45, 7) is 3.96. The Morgan fingerprint density at radius 1 is 1.00 bits per heavy atom. The number of allylic oxidation sites excluding steroid dienone is 1. The first-order valence-electron chi connectivity index (χ1n) is 3.69. The smallest absolute Gasteiger partial charge is 0.00949 e. The van der Waals surface area contributed by atoms with Gasteiger partial charge in [0.1, 0.15) is 0 Å². The molecule has 0 nitrogen and oxygen atoms in total. The predicted molar refractivity (Wildman–Crippen MR) is 55.3 cm³/mol. The number of hydrogen-bond acceptors (Lipinski definition) is 2. The Morgan fingerprint density at radius 3 is 1.70 bits per heavy atom. The Balaban J connectivity index is 3.09. The molecule has 0 saturated heterocycles. The summed E-state index contributed by atoms with van der Waals surface area (Å²) in [5.41, 5.74) is 1.35. The highest BCUT2D eigenvalue weighted by molar-refractivity contribution is 7.80. The topological polar surface area (TPSA) is 0 Å². The van der Waals surface area contributed by atoms with Crippen LogP contribution in [-0.4, -0.2) is 11.5 Å². The van der Waals surface area contributed by atoms with Crippen LogP contribution < -0.4 is 0 Å². The minimum absolute atomic E-state index is 0.972. The molecule has 0 aliphatic rings. The molecule has 0 aliphatic heterocycles. The van der Waals surface area contributed by atoms with Crippen LogP contribution in [0.3, 0.4) is 0 Å². The molecule has 0 saturated carbocycles. The maximum atomic E-state index is 4.13. The summed E-state index contributed by atoms with van der Waals surface area (Å²) < 4.78 is 0. The Labute approximate surface area is 74.9 Å². The van der Waals surface area contributed by atoms with Gasteiger partial charge in [-0.25, -0.2) is 0 Å². The lowest BCUT2D eigenvalue weighted by Gasteiger charge is -2.01. The van der Waals surface area contributed by atoms with E-state index in [-0.39, 0.29) is 0 Å². The van der Waals surface area contributed by atoms with E-state index in [2.05, 4.69) is 31.8 Å². The SMILES string of the molecule is C=C(CCCS)CCCS. The van der Waals surface area contributed by atoms with Crippen molar-refractivity contribution >= 4 is 25.3 Å². The molecule has 10 heavy (non-hydrogen) atoms. The first kappa shape index (κ1) is 10.4. The van der Waals surface area contributed by atoms with Crippen LogP contribution in [0.4, 0.5) is 0 Å². The van der Waals surface area contributed by atoms with Gasteiger partial charge in [0, 0.05) is 0 Å². The van der Waals surface area contributed by atoms with E-state index in [4.69, 9.17) is 0 Å². The maximum absolute atomic E-state index is 4.13. The molecule has 0 heterocycles. The van der Waals surface area contributed by atoms with Crippen molar-refractivity contribution in [1.82, 2.24) is 0 Å². The molecule has 0 bridgehead atoms. The molecule has 0 unspecified atom stereocenters. The van der Waals surface area contributed by atoms with Crippen LogP contribution in [0.25, 0.3) is 0 Å². The summed E-state index contributed by atoms with van der Waals surface area (Å²) in [5, 5.41) is 0. The Kier molecular flexibility index (Phi) is 7.88. The molecule has 0 aromatic rings. The summed E-state index contributed by atoms with van der Waals surface area (Å²) in [6, 6.07) is 0. The molecule has 0 aliphatic carbocycles. The van der Waals surface area contributed by atoms with Crippen LogP contribution >= 0.6 is 25.3 Å². The molecule has 0 atom stereocenters. The van der Waals surface area contributed by atoms with Gasteiger partial charge in [-0.15, -0.1) is 0 Å². The molecule has 0 aromatic carbocycles. The predicted octanol–water partition coefficient (Wildman–Crippen LogP) is 2.96. The summed E-state index contributed by atoms with van der Waals surface area (Å²) in [4.78, 5) is 0. The van der Waals surface area contributed by atoms with Crippen LogP contribution in [0.2, 0.25) is 0 Å². The summed E-state index contributed by atoms with van der Waals surface area (Å²) in [6.07, 6.45) is 4.59. The van der Waals surface area contributed by atoms with Gasteiger partial charge in [0.25, 0.3) is 0 Å². The van der Waals surface area contributed by atoms with Gasteiger partial charge in [-0.1, -0.05) is 12.2 Å². The lowest BCUT2D eigenvalue weighted by atomic mass is 10.1. The Hall–Kier alpha value is 0.440. The standard InChI is InChI=1S/C8H16S2/c1-8(4-2-6-9)5-3-7-10/h9-10H,1-7H2. The molecule has 0 aromatic heterocycles. The van der Waals surface area contributed by atoms with Gasteiger partial charge in [0.2, 0.25) is 0 Å². The van der Waals surface area contributed by atoms with Crippen LogP contribution in [0, 0.1) is 0 Å². The first-order valence-corrected chi connectivity index (χ1v) is 4.96. The minimum Gasteiger partial charge on any atom is -0.179 e. The highest BCUT2D eigenvalue weighted by Crippen LogP contribution is 2.10. The van der Waals surface area contributed by atoms with E-state index in [0.29, 0.717) is 0 Å². The van der Waals surface area contributed by atoms with Gasteiger partial charge in [0.05, 0.1) is 0 Å². The third kappa shape index (κ3) is 6.56. The average Bonchev–Trinajstić information content (AvgIpc) is 1.97. The fourth-order valence-corrected chi connectivity index (χ4v) is 1.10. The van der Waals surface area contributed by atoms with E-state index >= 15 is 0 Å². The van der Waals surface area contributed by atoms with Gasteiger partial charge in [-0.3, -0.25) is 0 Å². The average molecular weight is 176 g/mol. The number of hydrogen-bond donors (Lipinski definition) is 2. The van der Waals surface area contributed by atoms with Gasteiger partial charge in [-0.2, -0.15) is 25.3 Å². The fourth-order valence-electron chi connectivity index (χ4n) is 0.783. The van der Waals surface area contributed by atoms with Crippen LogP contribution in [0.15, 0.2) is 12.2 Å². The molecule has 0 rings (SSSR count). The molecule has 0 spiro atoms. The lowest BCUT2D eigenvalue weighted by Crippen LogP contribution is -1.84. The van der Waals surface area contributed by atoms with Gasteiger partial charge in [0.15, 0.2) is 0 Å². The largest absolute Gasteiger partial charge is 0.179 e. The molecule has 2 heteroatoms. The maximum Gasteiger partial charge on any atom is -0.00949 e. The monoisotopic (exact) mass is 176 g/mol. The van der Waals surface area contributed by atoms with Gasteiger partial charge < -0.3 is 0 Å². The normalized spacial score (nSPS) is 9.80. The van der Waals surface area contributed by atoms with Crippen LogP contribution in [0.5, 0.6) is 0 Å². The van der Waals surface area contributed by atoms with Crippen molar-refractivity contribution < 1.29 is 0 Å². The van der Waals surface area contributed by atoms with E-state index in [1.807, 2.05) is 0 Å². The van der Waals surface area contributed by atoms with E-state index < -0.39 is 0 Å². The van der Waals surface area contributed by atoms with E-state index in [9.17, 15) is 0 Å². The van der Waals surface area contributed by atoms with Crippen molar-refractivity contribution in [3.63, 3.8) is 0 Å². The van der Waals surface area contributed by atoms with Crippen LogP contribution in [-0.2, 0) is 0 Å². The molecular formula is C8H16S2. The van der Waals surface area contributed by atoms with Crippen molar-refractivity contribution in [3.8, 4) is 0 Å².